The number of hydrogen-bond acceptors (Lipinski definition) is 11. The molecule has 1 aliphatic heterocycles. The van der Waals surface area contributed by atoms with Crippen molar-refractivity contribution in [3.05, 3.63) is 24.3 Å². The average Bonchev–Trinajstić information content (AvgIpc) is 3.05. The molecule has 0 aromatic carbocycles. The molecular weight excluding hydrogens is 656 g/mol. The van der Waals surface area contributed by atoms with Gasteiger partial charge < -0.3 is 34.3 Å². The van der Waals surface area contributed by atoms with Gasteiger partial charge in [0.25, 0.3) is 10.1 Å². The molecule has 1 fully saturated rings. The number of aliphatic hydroxyl groups is 3. The maximum atomic E-state index is 12.6. The van der Waals surface area contributed by atoms with Crippen molar-refractivity contribution in [1.29, 1.82) is 0 Å². The first-order chi connectivity index (χ1) is 23.5. The van der Waals surface area contributed by atoms with E-state index < -0.39 is 71.2 Å². The number of carbonyl (C=O) groups is 2. The molecule has 286 valence electrons. The molecule has 1 aliphatic rings. The van der Waals surface area contributed by atoms with Crippen LogP contribution in [0.15, 0.2) is 24.3 Å². The van der Waals surface area contributed by atoms with Gasteiger partial charge in [0, 0.05) is 12.8 Å². The summed E-state index contributed by atoms with van der Waals surface area (Å²) in [5.74, 6) is -2.01. The summed E-state index contributed by atoms with van der Waals surface area (Å²) in [5.41, 5.74) is 0. The Labute approximate surface area is 294 Å². The van der Waals surface area contributed by atoms with Gasteiger partial charge >= 0.3 is 11.9 Å². The topological polar surface area (TPSA) is 186 Å². The molecule has 0 saturated carbocycles. The molecule has 1 rings (SSSR count). The van der Waals surface area contributed by atoms with E-state index >= 15 is 0 Å². The van der Waals surface area contributed by atoms with E-state index in [0.717, 1.165) is 77.0 Å². The van der Waals surface area contributed by atoms with Crippen molar-refractivity contribution in [3.63, 3.8) is 0 Å². The lowest BCUT2D eigenvalue weighted by atomic mass is 10.00. The summed E-state index contributed by atoms with van der Waals surface area (Å²) in [4.78, 5) is 25.1. The van der Waals surface area contributed by atoms with Crippen LogP contribution in [0.25, 0.3) is 0 Å². The van der Waals surface area contributed by atoms with Crippen molar-refractivity contribution >= 4 is 22.1 Å². The smallest absolute Gasteiger partial charge is 0.306 e. The first-order valence-electron chi connectivity index (χ1n) is 18.4. The zero-order valence-corrected chi connectivity index (χ0v) is 30.6. The van der Waals surface area contributed by atoms with Gasteiger partial charge in [0.05, 0.1) is 6.61 Å². The Kier molecular flexibility index (Phi) is 25.6. The number of aliphatic hydroxyl groups excluding tert-OH is 3. The van der Waals surface area contributed by atoms with Crippen LogP contribution >= 0.6 is 0 Å². The Morgan fingerprint density at radius 3 is 1.86 bits per heavy atom. The Bertz CT molecular complexity index is 1030. The molecule has 49 heavy (non-hydrogen) atoms. The monoisotopic (exact) mass is 720 g/mol. The minimum atomic E-state index is -4.59. The van der Waals surface area contributed by atoms with Crippen LogP contribution in [0.4, 0.5) is 0 Å². The Balaban J connectivity index is 2.52. The Morgan fingerprint density at radius 1 is 0.694 bits per heavy atom. The highest BCUT2D eigenvalue weighted by Gasteiger charge is 2.46. The molecule has 0 bridgehead atoms. The molecule has 0 aliphatic carbocycles. The van der Waals surface area contributed by atoms with E-state index in [2.05, 4.69) is 38.2 Å². The van der Waals surface area contributed by atoms with Gasteiger partial charge in [0.15, 0.2) is 12.4 Å². The quantitative estimate of drug-likeness (QED) is 0.0319. The maximum Gasteiger partial charge on any atom is 0.306 e. The molecule has 6 atom stereocenters. The van der Waals surface area contributed by atoms with Crippen molar-refractivity contribution in [1.82, 2.24) is 0 Å². The second kappa shape index (κ2) is 27.8. The van der Waals surface area contributed by atoms with Crippen LogP contribution in [0.3, 0.4) is 0 Å². The number of carbonyl (C=O) groups excluding carboxylic acids is 2. The third-order valence-corrected chi connectivity index (χ3v) is 9.03. The molecule has 0 radical (unpaired) electrons. The summed E-state index contributed by atoms with van der Waals surface area (Å²) in [6, 6.07) is 0. The van der Waals surface area contributed by atoms with Crippen molar-refractivity contribution in [3.8, 4) is 0 Å². The van der Waals surface area contributed by atoms with Gasteiger partial charge in [-0.2, -0.15) is 8.42 Å². The predicted octanol–water partition coefficient (Wildman–Crippen LogP) is 5.72. The van der Waals surface area contributed by atoms with Gasteiger partial charge in [0.2, 0.25) is 0 Å². The molecule has 1 saturated heterocycles. The third-order valence-electron chi connectivity index (χ3n) is 8.28. The molecule has 0 aromatic rings. The van der Waals surface area contributed by atoms with Crippen LogP contribution < -0.4 is 0 Å². The Hall–Kier alpha value is -1.87. The number of hydrogen-bond donors (Lipinski definition) is 4. The van der Waals surface area contributed by atoms with Gasteiger partial charge in [-0.05, 0) is 38.5 Å². The molecule has 0 spiro atoms. The summed E-state index contributed by atoms with van der Waals surface area (Å²) in [6.45, 7) is 3.61. The average molecular weight is 721 g/mol. The van der Waals surface area contributed by atoms with Gasteiger partial charge in [-0.15, -0.1) is 0 Å². The third kappa shape index (κ3) is 23.3. The molecule has 2 unspecified atom stereocenters. The van der Waals surface area contributed by atoms with Crippen LogP contribution in [-0.2, 0) is 38.7 Å². The lowest BCUT2D eigenvalue weighted by Gasteiger charge is -2.40. The molecular formula is C36H64O12S. The molecule has 12 nitrogen and oxygen atoms in total. The fourth-order valence-electron chi connectivity index (χ4n) is 5.34. The van der Waals surface area contributed by atoms with E-state index in [1.54, 1.807) is 0 Å². The standard InChI is InChI=1S/C36H64O12S/c1-3-5-7-9-11-12-13-14-15-16-17-19-20-22-24-31(37)45-26-29(47-32(38)25-23-21-18-10-8-6-4-2)27-46-36-35(41)34(40)33(39)30(48-36)28-49(42,43)44/h9,11,13-14,29-30,33-36,39-41H,3-8,10,12,15-28H2,1-2H3,(H,42,43,44)/b11-9+,14-13+/t29-,30+,33+,34?,35?,36-/m1/s1. The van der Waals surface area contributed by atoms with Crippen LogP contribution in [0, 0.1) is 0 Å². The number of allylic oxidation sites excluding steroid dienone is 4. The van der Waals surface area contributed by atoms with E-state index in [1.807, 2.05) is 0 Å². The Morgan fingerprint density at radius 2 is 1.24 bits per heavy atom. The summed E-state index contributed by atoms with van der Waals surface area (Å²) in [5, 5.41) is 30.6. The van der Waals surface area contributed by atoms with Crippen molar-refractivity contribution in [2.45, 2.75) is 173 Å². The number of unbranched alkanes of at least 4 members (excludes halogenated alkanes) is 13. The van der Waals surface area contributed by atoms with E-state index in [-0.39, 0.29) is 19.4 Å². The molecule has 0 amide bonds. The van der Waals surface area contributed by atoms with Gasteiger partial charge in [-0.3, -0.25) is 14.1 Å². The molecule has 1 heterocycles. The summed E-state index contributed by atoms with van der Waals surface area (Å²) in [6.07, 6.45) is 17.0. The van der Waals surface area contributed by atoms with Crippen molar-refractivity contribution in [2.24, 2.45) is 0 Å². The van der Waals surface area contributed by atoms with Crippen LogP contribution in [0.1, 0.15) is 136 Å². The zero-order valence-electron chi connectivity index (χ0n) is 29.8. The predicted molar refractivity (Wildman–Crippen MR) is 187 cm³/mol. The zero-order chi connectivity index (χ0) is 36.3. The highest BCUT2D eigenvalue weighted by atomic mass is 32.2. The number of esters is 2. The first kappa shape index (κ1) is 45.2. The number of rotatable bonds is 29. The first-order valence-corrected chi connectivity index (χ1v) is 20.0. The second-order valence-corrected chi connectivity index (χ2v) is 14.4. The highest BCUT2D eigenvalue weighted by molar-refractivity contribution is 7.85. The minimum Gasteiger partial charge on any atom is -0.462 e. The largest absolute Gasteiger partial charge is 0.462 e. The SMILES string of the molecule is CCCC/C=C/C/C=C/CCCCCCCC(=O)OC[C@H](CO[C@@H]1O[C@@H](CS(=O)(=O)O)[C@H](O)C(O)C1O)OC(=O)CCCCCCCCC. The number of ether oxygens (including phenoxy) is 4. The van der Waals surface area contributed by atoms with E-state index in [4.69, 9.17) is 18.9 Å². The lowest BCUT2D eigenvalue weighted by molar-refractivity contribution is -0.297. The van der Waals surface area contributed by atoms with Gasteiger partial charge in [0.1, 0.15) is 36.8 Å². The summed E-state index contributed by atoms with van der Waals surface area (Å²) < 4.78 is 53.6. The van der Waals surface area contributed by atoms with Crippen LogP contribution in [0.2, 0.25) is 0 Å². The molecule has 0 aromatic heterocycles. The molecule has 13 heteroatoms. The summed E-state index contributed by atoms with van der Waals surface area (Å²) >= 11 is 0. The van der Waals surface area contributed by atoms with Gasteiger partial charge in [-0.1, -0.05) is 109 Å². The summed E-state index contributed by atoms with van der Waals surface area (Å²) in [7, 11) is -4.59. The highest BCUT2D eigenvalue weighted by Crippen LogP contribution is 2.24. The fraction of sp³-hybridized carbons (Fsp3) is 0.833. The lowest BCUT2D eigenvalue weighted by Crippen LogP contribution is -2.60. The molecule has 4 N–H and O–H groups in total. The van der Waals surface area contributed by atoms with Crippen LogP contribution in [-0.4, -0.2) is 96.0 Å². The van der Waals surface area contributed by atoms with E-state index in [1.165, 1.54) is 19.3 Å². The van der Waals surface area contributed by atoms with E-state index in [0.29, 0.717) is 12.8 Å². The van der Waals surface area contributed by atoms with Gasteiger partial charge in [-0.25, -0.2) is 0 Å². The van der Waals surface area contributed by atoms with Crippen molar-refractivity contribution in [2.75, 3.05) is 19.0 Å². The van der Waals surface area contributed by atoms with E-state index in [9.17, 15) is 37.9 Å². The van der Waals surface area contributed by atoms with Crippen molar-refractivity contribution < 1.29 is 56.8 Å². The minimum absolute atomic E-state index is 0.161. The normalized spacial score (nSPS) is 22.1. The van der Waals surface area contributed by atoms with Crippen LogP contribution in [0.5, 0.6) is 0 Å². The fourth-order valence-corrected chi connectivity index (χ4v) is 6.03. The second-order valence-electron chi connectivity index (χ2n) is 12.9. The maximum absolute atomic E-state index is 12.6.